The first kappa shape index (κ1) is 12.5. The van der Waals surface area contributed by atoms with Gasteiger partial charge in [-0.2, -0.15) is 0 Å². The van der Waals surface area contributed by atoms with E-state index in [1.807, 2.05) is 35.9 Å². The number of aromatic nitrogens is 1. The number of ketones is 1. The second-order valence-corrected chi connectivity index (χ2v) is 3.45. The summed E-state index contributed by atoms with van der Waals surface area (Å²) in [6.45, 7) is 5.50. The van der Waals surface area contributed by atoms with Crippen LogP contribution in [0.15, 0.2) is 24.3 Å². The monoisotopic (exact) mass is 275 g/mol. The van der Waals surface area contributed by atoms with Crippen molar-refractivity contribution in [1.29, 1.82) is 0 Å². The zero-order valence-corrected chi connectivity index (χ0v) is 11.8. The summed E-state index contributed by atoms with van der Waals surface area (Å²) in [7, 11) is 1.93. The Balaban J connectivity index is 0.00000112. The predicted molar refractivity (Wildman–Crippen MR) is 57.4 cm³/mol. The van der Waals surface area contributed by atoms with Crippen LogP contribution in [-0.4, -0.2) is 10.4 Å². The van der Waals surface area contributed by atoms with Gasteiger partial charge in [0, 0.05) is 12.6 Å². The molecular formula is C12H12NOY+2. The third-order valence-electron chi connectivity index (χ3n) is 2.58. The van der Waals surface area contributed by atoms with Gasteiger partial charge >= 0.3 is 32.7 Å². The van der Waals surface area contributed by atoms with Crippen molar-refractivity contribution in [2.75, 3.05) is 0 Å². The Morgan fingerprint density at radius 3 is 2.53 bits per heavy atom. The van der Waals surface area contributed by atoms with Crippen molar-refractivity contribution < 1.29 is 37.5 Å². The molecule has 3 heteroatoms. The van der Waals surface area contributed by atoms with E-state index in [9.17, 15) is 4.79 Å². The molecule has 0 N–H and O–H groups in total. The third-order valence-corrected chi connectivity index (χ3v) is 2.58. The van der Waals surface area contributed by atoms with E-state index < -0.39 is 0 Å². The van der Waals surface area contributed by atoms with Gasteiger partial charge in [-0.3, -0.25) is 0 Å². The zero-order valence-electron chi connectivity index (χ0n) is 8.95. The number of rotatable bonds is 1. The summed E-state index contributed by atoms with van der Waals surface area (Å²) >= 11 is 0. The van der Waals surface area contributed by atoms with Crippen molar-refractivity contribution >= 4 is 16.7 Å². The fourth-order valence-electron chi connectivity index (χ4n) is 1.84. The minimum atomic E-state index is 0. The molecule has 0 saturated heterocycles. The Bertz CT molecular complexity index is 514. The number of hydrogen-bond acceptors (Lipinski definition) is 1. The van der Waals surface area contributed by atoms with E-state index in [0.29, 0.717) is 0 Å². The Morgan fingerprint density at radius 1 is 1.33 bits per heavy atom. The molecule has 0 aliphatic rings. The van der Waals surface area contributed by atoms with E-state index in [-0.39, 0.29) is 38.5 Å². The van der Waals surface area contributed by atoms with Crippen LogP contribution in [0, 0.1) is 6.92 Å². The number of benzene rings is 1. The summed E-state index contributed by atoms with van der Waals surface area (Å²) < 4.78 is 1.95. The minimum Gasteiger partial charge on any atom is -0.379 e. The van der Waals surface area contributed by atoms with E-state index in [2.05, 4.69) is 6.92 Å². The molecule has 1 heterocycles. The molecule has 0 spiro atoms. The number of fused-ring (bicyclic) bond motifs is 1. The quantitative estimate of drug-likeness (QED) is 0.579. The normalized spacial score (nSPS) is 10.0. The van der Waals surface area contributed by atoms with Crippen LogP contribution >= 0.6 is 0 Å². The average molecular weight is 275 g/mol. The zero-order chi connectivity index (χ0) is 10.3. The van der Waals surface area contributed by atoms with Gasteiger partial charge in [0.15, 0.2) is 0 Å². The molecular weight excluding hydrogens is 263 g/mol. The molecule has 2 rings (SSSR count). The molecule has 0 saturated carbocycles. The van der Waals surface area contributed by atoms with Gasteiger partial charge < -0.3 is 9.36 Å². The van der Waals surface area contributed by atoms with Crippen molar-refractivity contribution in [3.63, 3.8) is 0 Å². The topological polar surface area (TPSA) is 22.0 Å². The number of carbonyl (C=O) groups excluding carboxylic acids is 1. The van der Waals surface area contributed by atoms with E-state index in [0.717, 1.165) is 22.2 Å². The molecule has 1 aromatic carbocycles. The Labute approximate surface area is 115 Å². The van der Waals surface area contributed by atoms with E-state index >= 15 is 0 Å². The van der Waals surface area contributed by atoms with Gasteiger partial charge in [0.25, 0.3) is 0 Å². The van der Waals surface area contributed by atoms with Crippen LogP contribution in [0.1, 0.15) is 23.0 Å². The van der Waals surface area contributed by atoms with Crippen LogP contribution in [0.4, 0.5) is 0 Å². The van der Waals surface area contributed by atoms with Crippen LogP contribution in [0.2, 0.25) is 0 Å². The molecule has 2 nitrogen and oxygen atoms in total. The molecule has 1 aromatic heterocycles. The molecule has 0 fully saturated rings. The first-order chi connectivity index (χ1) is 6.63. The molecule has 0 unspecified atom stereocenters. The molecule has 0 aliphatic carbocycles. The molecule has 0 radical (unpaired) electrons. The van der Waals surface area contributed by atoms with Gasteiger partial charge in [0.2, 0.25) is 0 Å². The molecule has 0 aliphatic heterocycles. The Morgan fingerprint density at radius 2 is 1.93 bits per heavy atom. The fourth-order valence-corrected chi connectivity index (χ4v) is 1.84. The van der Waals surface area contributed by atoms with Crippen molar-refractivity contribution in [2.24, 2.45) is 7.05 Å². The van der Waals surface area contributed by atoms with E-state index in [4.69, 9.17) is 0 Å². The van der Waals surface area contributed by atoms with Gasteiger partial charge in [0.05, 0.1) is 5.78 Å². The number of hydrogen-bond donors (Lipinski definition) is 0. The fraction of sp³-hybridized carbons (Fsp3) is 0.167. The predicted octanol–water partition coefficient (Wildman–Crippen LogP) is 2.56. The van der Waals surface area contributed by atoms with Crippen LogP contribution < -0.4 is 0 Å². The number of carbonyl (C=O) groups is 1. The van der Waals surface area contributed by atoms with Gasteiger partial charge in [-0.15, -0.1) is 11.3 Å². The van der Waals surface area contributed by atoms with Crippen LogP contribution in [0.5, 0.6) is 0 Å². The van der Waals surface area contributed by atoms with Crippen molar-refractivity contribution in [2.45, 2.75) is 6.92 Å². The largest absolute Gasteiger partial charge is 3.00 e. The van der Waals surface area contributed by atoms with Crippen molar-refractivity contribution in [3.8, 4) is 0 Å². The number of aryl methyl sites for hydroxylation is 1. The third kappa shape index (κ3) is 1.89. The molecule has 0 amide bonds. The molecule has 2 aromatic rings. The summed E-state index contributed by atoms with van der Waals surface area (Å²) in [6, 6.07) is 7.86. The Hall–Kier alpha value is -0.596. The Kier molecular flexibility index (Phi) is 3.74. The summed E-state index contributed by atoms with van der Waals surface area (Å²) in [4.78, 5) is 11.4. The van der Waals surface area contributed by atoms with Gasteiger partial charge in [0.1, 0.15) is 0 Å². The van der Waals surface area contributed by atoms with E-state index in [1.165, 1.54) is 0 Å². The second-order valence-electron chi connectivity index (χ2n) is 3.45. The van der Waals surface area contributed by atoms with Crippen LogP contribution in [0.3, 0.4) is 0 Å². The second kappa shape index (κ2) is 4.50. The number of para-hydroxylation sites is 1. The summed E-state index contributed by atoms with van der Waals surface area (Å²) in [5.41, 5.74) is 2.59. The molecule has 15 heavy (non-hydrogen) atoms. The smallest absolute Gasteiger partial charge is 0.379 e. The van der Waals surface area contributed by atoms with Gasteiger partial charge in [-0.05, 0) is 13.0 Å². The van der Waals surface area contributed by atoms with Crippen molar-refractivity contribution in [1.82, 2.24) is 4.57 Å². The van der Waals surface area contributed by atoms with E-state index in [1.54, 1.807) is 6.92 Å². The maximum Gasteiger partial charge on any atom is 3.00 e. The maximum absolute atomic E-state index is 11.4. The molecule has 0 bridgehead atoms. The summed E-state index contributed by atoms with van der Waals surface area (Å²) in [5.74, 6) is 0.0757. The first-order valence-corrected chi connectivity index (χ1v) is 4.53. The summed E-state index contributed by atoms with van der Waals surface area (Å²) in [6.07, 6.45) is 0. The minimum absolute atomic E-state index is 0. The summed E-state index contributed by atoms with van der Waals surface area (Å²) in [5, 5.41) is 0.993. The number of nitrogens with zero attached hydrogens (tertiary/aromatic N) is 1. The molecule has 72 valence electrons. The van der Waals surface area contributed by atoms with Crippen LogP contribution in [-0.2, 0) is 39.8 Å². The first-order valence-electron chi connectivity index (χ1n) is 4.53. The maximum atomic E-state index is 11.4. The molecule has 0 atom stereocenters. The standard InChI is InChI=1S/C12H12NO.Y/c1-8-12(9(2)14)10-6-4-5-7-11(10)13(8)3;/h4-7H,1H2,2-3H3;/q-1;+3. The number of Topliss-reactive ketones (excluding diaryl/α,β-unsaturated/α-hetero) is 1. The van der Waals surface area contributed by atoms with Crippen molar-refractivity contribution in [3.05, 3.63) is 42.4 Å². The van der Waals surface area contributed by atoms with Gasteiger partial charge in [-0.25, -0.2) is 6.92 Å². The van der Waals surface area contributed by atoms with Crippen LogP contribution in [0.25, 0.3) is 10.9 Å². The van der Waals surface area contributed by atoms with Gasteiger partial charge in [-0.1, -0.05) is 23.6 Å². The SMILES string of the molecule is [CH2-]c1c(C(C)=O)c2ccccc2n1C.[Y+3]. The average Bonchev–Trinajstić information content (AvgIpc) is 2.41.